The van der Waals surface area contributed by atoms with Crippen LogP contribution in [-0.4, -0.2) is 45.1 Å². The first-order valence-electron chi connectivity index (χ1n) is 12.5. The van der Waals surface area contributed by atoms with Gasteiger partial charge in [0.1, 0.15) is 0 Å². The number of para-hydroxylation sites is 1. The van der Waals surface area contributed by atoms with Crippen molar-refractivity contribution in [1.82, 2.24) is 4.98 Å². The van der Waals surface area contributed by atoms with Crippen LogP contribution in [0.3, 0.4) is 0 Å². The van der Waals surface area contributed by atoms with Crippen LogP contribution >= 0.6 is 22.9 Å². The van der Waals surface area contributed by atoms with Crippen molar-refractivity contribution in [1.29, 1.82) is 0 Å². The predicted molar refractivity (Wildman–Crippen MR) is 151 cm³/mol. The molecule has 1 amide bonds. The van der Waals surface area contributed by atoms with Crippen molar-refractivity contribution in [3.8, 4) is 0 Å². The lowest BCUT2D eigenvalue weighted by Crippen LogP contribution is -2.37. The van der Waals surface area contributed by atoms with Crippen molar-refractivity contribution in [2.24, 2.45) is 0 Å². The van der Waals surface area contributed by atoms with Crippen molar-refractivity contribution in [2.45, 2.75) is 37.2 Å². The Hall–Kier alpha value is -2.98. The standard InChI is InChI=1S/C28H26ClN3O4S2/c1-18-23(29)12-13-25-26(18)30-28(37-25)31(17-21-6-4-16-36-21)27(33)20-8-10-22(11-9-20)38(34,35)32-15-14-19-5-2-3-7-24(19)32/h2-3,5,7-13,21H,4,6,14-17H2,1H3. The van der Waals surface area contributed by atoms with Crippen LogP contribution in [0.2, 0.25) is 5.02 Å². The summed E-state index contributed by atoms with van der Waals surface area (Å²) in [6, 6.07) is 17.5. The average Bonchev–Trinajstić information content (AvgIpc) is 3.69. The van der Waals surface area contributed by atoms with Crippen molar-refractivity contribution < 1.29 is 17.9 Å². The van der Waals surface area contributed by atoms with Crippen LogP contribution < -0.4 is 9.21 Å². The lowest BCUT2D eigenvalue weighted by molar-refractivity contribution is 0.0917. The number of fused-ring (bicyclic) bond motifs is 2. The highest BCUT2D eigenvalue weighted by Crippen LogP contribution is 2.36. The highest BCUT2D eigenvalue weighted by atomic mass is 35.5. The molecular formula is C28H26ClN3O4S2. The number of rotatable bonds is 6. The Morgan fingerprint density at radius 2 is 1.95 bits per heavy atom. The molecule has 3 aromatic carbocycles. The van der Waals surface area contributed by atoms with E-state index in [1.807, 2.05) is 43.3 Å². The number of benzene rings is 3. The zero-order chi connectivity index (χ0) is 26.4. The Bertz CT molecular complexity index is 1630. The number of carbonyl (C=O) groups excluding carboxylic acids is 1. The Labute approximate surface area is 230 Å². The summed E-state index contributed by atoms with van der Waals surface area (Å²) in [5.41, 5.74) is 3.75. The number of carbonyl (C=O) groups is 1. The maximum absolute atomic E-state index is 13.8. The molecule has 4 aromatic rings. The summed E-state index contributed by atoms with van der Waals surface area (Å²) < 4.78 is 35.1. The van der Waals surface area contributed by atoms with Crippen molar-refractivity contribution in [3.63, 3.8) is 0 Å². The smallest absolute Gasteiger partial charge is 0.264 e. The van der Waals surface area contributed by atoms with Crippen LogP contribution in [0, 0.1) is 6.92 Å². The lowest BCUT2D eigenvalue weighted by atomic mass is 10.2. The number of hydrogen-bond donors (Lipinski definition) is 0. The quantitative estimate of drug-likeness (QED) is 0.293. The second-order valence-electron chi connectivity index (χ2n) is 9.55. The third-order valence-corrected chi connectivity index (χ3v) is 10.4. The summed E-state index contributed by atoms with van der Waals surface area (Å²) in [4.78, 5) is 20.4. The number of anilines is 2. The molecule has 1 atom stereocenters. The molecule has 0 N–H and O–H groups in total. The van der Waals surface area contributed by atoms with Gasteiger partial charge in [-0.25, -0.2) is 13.4 Å². The van der Waals surface area contributed by atoms with E-state index < -0.39 is 10.0 Å². The summed E-state index contributed by atoms with van der Waals surface area (Å²) >= 11 is 7.74. The van der Waals surface area contributed by atoms with Gasteiger partial charge in [-0.05, 0) is 79.8 Å². The van der Waals surface area contributed by atoms with Gasteiger partial charge in [-0.3, -0.25) is 14.0 Å². The van der Waals surface area contributed by atoms with E-state index in [9.17, 15) is 13.2 Å². The number of halogens is 1. The van der Waals surface area contributed by atoms with E-state index in [4.69, 9.17) is 21.3 Å². The van der Waals surface area contributed by atoms with Gasteiger partial charge in [-0.15, -0.1) is 0 Å². The first-order chi connectivity index (χ1) is 18.3. The number of nitrogens with zero attached hydrogens (tertiary/aromatic N) is 3. The number of sulfonamides is 1. The fourth-order valence-corrected chi connectivity index (χ4v) is 7.74. The highest BCUT2D eigenvalue weighted by molar-refractivity contribution is 7.92. The van der Waals surface area contributed by atoms with Gasteiger partial charge in [-0.2, -0.15) is 0 Å². The summed E-state index contributed by atoms with van der Waals surface area (Å²) in [7, 11) is -3.75. The molecule has 1 aromatic heterocycles. The Kier molecular flexibility index (Phi) is 6.63. The molecule has 2 aliphatic rings. The fourth-order valence-electron chi connectivity index (χ4n) is 5.05. The maximum atomic E-state index is 13.8. The monoisotopic (exact) mass is 567 g/mol. The number of thiazole rings is 1. The second kappa shape index (κ2) is 9.96. The number of amides is 1. The third-order valence-electron chi connectivity index (χ3n) is 7.16. The summed E-state index contributed by atoms with van der Waals surface area (Å²) in [6.07, 6.45) is 2.42. The molecule has 6 rings (SSSR count). The molecule has 2 aliphatic heterocycles. The van der Waals surface area contributed by atoms with Gasteiger partial charge < -0.3 is 4.74 Å². The molecule has 7 nitrogen and oxygen atoms in total. The normalized spacial score (nSPS) is 17.2. The SMILES string of the molecule is Cc1c(Cl)ccc2sc(N(CC3CCCO3)C(=O)c3ccc(S(=O)(=O)N4CCc5ccccc54)cc3)nc12. The van der Waals surface area contributed by atoms with Gasteiger partial charge in [0.15, 0.2) is 5.13 Å². The van der Waals surface area contributed by atoms with E-state index in [0.29, 0.717) is 47.5 Å². The fraction of sp³-hybridized carbons (Fsp3) is 0.286. The van der Waals surface area contributed by atoms with Gasteiger partial charge in [0, 0.05) is 23.7 Å². The van der Waals surface area contributed by atoms with Crippen LogP contribution in [-0.2, 0) is 21.2 Å². The molecule has 196 valence electrons. The summed E-state index contributed by atoms with van der Waals surface area (Å²) in [6.45, 7) is 3.36. The molecule has 1 unspecified atom stereocenters. The van der Waals surface area contributed by atoms with Gasteiger partial charge in [0.2, 0.25) is 0 Å². The van der Waals surface area contributed by atoms with E-state index in [1.165, 1.54) is 27.8 Å². The van der Waals surface area contributed by atoms with E-state index in [0.717, 1.165) is 34.2 Å². The molecule has 10 heteroatoms. The lowest BCUT2D eigenvalue weighted by Gasteiger charge is -2.23. The first kappa shape index (κ1) is 25.3. The maximum Gasteiger partial charge on any atom is 0.264 e. The molecule has 1 fully saturated rings. The third kappa shape index (κ3) is 4.47. The van der Waals surface area contributed by atoms with Gasteiger partial charge in [-0.1, -0.05) is 41.1 Å². The van der Waals surface area contributed by atoms with E-state index in [1.54, 1.807) is 17.0 Å². The van der Waals surface area contributed by atoms with E-state index in [2.05, 4.69) is 0 Å². The zero-order valence-electron chi connectivity index (χ0n) is 20.8. The molecule has 3 heterocycles. The summed E-state index contributed by atoms with van der Waals surface area (Å²) in [5.74, 6) is -0.251. The molecule has 0 radical (unpaired) electrons. The average molecular weight is 568 g/mol. The van der Waals surface area contributed by atoms with E-state index in [-0.39, 0.29) is 16.9 Å². The first-order valence-corrected chi connectivity index (χ1v) is 15.2. The minimum absolute atomic E-state index is 0.0782. The van der Waals surface area contributed by atoms with Crippen LogP contribution in [0.15, 0.2) is 65.6 Å². The molecule has 0 aliphatic carbocycles. The largest absolute Gasteiger partial charge is 0.376 e. The van der Waals surface area contributed by atoms with Gasteiger partial charge in [0.05, 0.1) is 33.4 Å². The van der Waals surface area contributed by atoms with Gasteiger partial charge >= 0.3 is 0 Å². The van der Waals surface area contributed by atoms with Crippen LogP contribution in [0.4, 0.5) is 10.8 Å². The second-order valence-corrected chi connectivity index (χ2v) is 12.8. The minimum atomic E-state index is -3.75. The molecule has 0 bridgehead atoms. The topological polar surface area (TPSA) is 79.8 Å². The minimum Gasteiger partial charge on any atom is -0.376 e. The highest BCUT2D eigenvalue weighted by Gasteiger charge is 2.32. The van der Waals surface area contributed by atoms with Crippen LogP contribution in [0.5, 0.6) is 0 Å². The van der Waals surface area contributed by atoms with E-state index >= 15 is 0 Å². The Balaban J connectivity index is 1.31. The number of aryl methyl sites for hydroxylation is 1. The summed E-state index contributed by atoms with van der Waals surface area (Å²) in [5, 5.41) is 1.19. The number of ether oxygens (including phenoxy) is 1. The molecule has 0 spiro atoms. The van der Waals surface area contributed by atoms with Crippen molar-refractivity contribution in [3.05, 3.63) is 82.4 Å². The Morgan fingerprint density at radius 3 is 2.71 bits per heavy atom. The molecule has 1 saturated heterocycles. The molecular weight excluding hydrogens is 542 g/mol. The molecule has 0 saturated carbocycles. The Morgan fingerprint density at radius 1 is 1.16 bits per heavy atom. The molecule has 38 heavy (non-hydrogen) atoms. The number of hydrogen-bond acceptors (Lipinski definition) is 6. The van der Waals surface area contributed by atoms with Crippen LogP contribution in [0.1, 0.15) is 34.3 Å². The number of aromatic nitrogens is 1. The predicted octanol–water partition coefficient (Wildman–Crippen LogP) is 5.84. The van der Waals surface area contributed by atoms with Crippen molar-refractivity contribution >= 4 is 59.9 Å². The zero-order valence-corrected chi connectivity index (χ0v) is 23.2. The van der Waals surface area contributed by atoms with Crippen LogP contribution in [0.25, 0.3) is 10.2 Å². The van der Waals surface area contributed by atoms with Crippen molar-refractivity contribution in [2.75, 3.05) is 28.9 Å². The van der Waals surface area contributed by atoms with Gasteiger partial charge in [0.25, 0.3) is 15.9 Å².